The fourth-order valence-electron chi connectivity index (χ4n) is 1.92. The zero-order valence-corrected chi connectivity index (χ0v) is 9.56. The van der Waals surface area contributed by atoms with Gasteiger partial charge in [-0.25, -0.2) is 0 Å². The van der Waals surface area contributed by atoms with Crippen LogP contribution in [0.25, 0.3) is 0 Å². The highest BCUT2D eigenvalue weighted by atomic mass is 15.2. The molecule has 1 aliphatic rings. The van der Waals surface area contributed by atoms with Gasteiger partial charge in [-0.15, -0.1) is 0 Å². The summed E-state index contributed by atoms with van der Waals surface area (Å²) in [6, 6.07) is 0. The van der Waals surface area contributed by atoms with Crippen molar-refractivity contribution in [1.82, 2.24) is 10.2 Å². The summed E-state index contributed by atoms with van der Waals surface area (Å²) in [5.41, 5.74) is 0.375. The van der Waals surface area contributed by atoms with Crippen LogP contribution in [0.5, 0.6) is 0 Å². The molecule has 13 heavy (non-hydrogen) atoms. The molecular weight excluding hydrogens is 160 g/mol. The Morgan fingerprint density at radius 2 is 2.15 bits per heavy atom. The van der Waals surface area contributed by atoms with Crippen LogP contribution in [0.2, 0.25) is 0 Å². The smallest absolute Gasteiger partial charge is 0.0292 e. The molecule has 78 valence electrons. The van der Waals surface area contributed by atoms with Crippen LogP contribution in [0.3, 0.4) is 0 Å². The molecule has 1 rings (SSSR count). The lowest BCUT2D eigenvalue weighted by Gasteiger charge is -2.27. The van der Waals surface area contributed by atoms with E-state index in [1.807, 2.05) is 0 Å². The topological polar surface area (TPSA) is 15.3 Å². The molecule has 0 aromatic heterocycles. The Morgan fingerprint density at radius 1 is 1.46 bits per heavy atom. The highest BCUT2D eigenvalue weighted by Crippen LogP contribution is 2.20. The summed E-state index contributed by atoms with van der Waals surface area (Å²) in [6.45, 7) is 14.0. The second-order valence-electron chi connectivity index (χ2n) is 4.95. The summed E-state index contributed by atoms with van der Waals surface area (Å²) < 4.78 is 0. The maximum absolute atomic E-state index is 3.68. The fourth-order valence-corrected chi connectivity index (χ4v) is 1.92. The van der Waals surface area contributed by atoms with Gasteiger partial charge < -0.3 is 10.2 Å². The molecule has 0 saturated carbocycles. The second-order valence-corrected chi connectivity index (χ2v) is 4.95. The van der Waals surface area contributed by atoms with Gasteiger partial charge in [0.1, 0.15) is 0 Å². The summed E-state index contributed by atoms with van der Waals surface area (Å²) in [7, 11) is 0. The largest absolute Gasteiger partial charge is 0.310 e. The van der Waals surface area contributed by atoms with Gasteiger partial charge in [0.05, 0.1) is 0 Å². The third kappa shape index (κ3) is 3.28. The van der Waals surface area contributed by atoms with Crippen LogP contribution in [0.4, 0.5) is 0 Å². The van der Waals surface area contributed by atoms with Crippen molar-refractivity contribution in [1.29, 1.82) is 0 Å². The Bertz CT molecular complexity index is 156. The molecule has 1 N–H and O–H groups in total. The first-order chi connectivity index (χ1) is 6.06. The lowest BCUT2D eigenvalue weighted by Crippen LogP contribution is -2.46. The van der Waals surface area contributed by atoms with Gasteiger partial charge in [-0.2, -0.15) is 0 Å². The predicted molar refractivity (Wildman–Crippen MR) is 58.0 cm³/mol. The monoisotopic (exact) mass is 184 g/mol. The normalized spacial score (nSPS) is 30.2. The van der Waals surface area contributed by atoms with E-state index < -0.39 is 0 Å². The molecule has 0 bridgehead atoms. The van der Waals surface area contributed by atoms with E-state index in [-0.39, 0.29) is 0 Å². The van der Waals surface area contributed by atoms with E-state index in [9.17, 15) is 0 Å². The first kappa shape index (κ1) is 11.0. The number of rotatable bonds is 4. The fraction of sp³-hybridized carbons (Fsp3) is 1.00. The van der Waals surface area contributed by atoms with Gasteiger partial charge in [0.15, 0.2) is 0 Å². The van der Waals surface area contributed by atoms with Gasteiger partial charge in [0.2, 0.25) is 0 Å². The number of hydrogen-bond donors (Lipinski definition) is 1. The first-order valence-electron chi connectivity index (χ1n) is 5.53. The van der Waals surface area contributed by atoms with Crippen molar-refractivity contribution in [2.45, 2.75) is 39.7 Å². The van der Waals surface area contributed by atoms with E-state index >= 15 is 0 Å². The highest BCUT2D eigenvalue weighted by Gasteiger charge is 2.32. The second kappa shape index (κ2) is 4.43. The van der Waals surface area contributed by atoms with Crippen LogP contribution in [-0.2, 0) is 0 Å². The zero-order valence-electron chi connectivity index (χ0n) is 9.56. The Morgan fingerprint density at radius 3 is 2.62 bits per heavy atom. The van der Waals surface area contributed by atoms with Gasteiger partial charge in [-0.1, -0.05) is 20.8 Å². The van der Waals surface area contributed by atoms with Crippen molar-refractivity contribution < 1.29 is 0 Å². The molecule has 0 aromatic carbocycles. The summed E-state index contributed by atoms with van der Waals surface area (Å²) in [4.78, 5) is 2.52. The van der Waals surface area contributed by atoms with Gasteiger partial charge in [-0.3, -0.25) is 0 Å². The van der Waals surface area contributed by atoms with Crippen molar-refractivity contribution in [2.24, 2.45) is 5.92 Å². The molecule has 0 spiro atoms. The van der Waals surface area contributed by atoms with E-state index in [0.29, 0.717) is 5.54 Å². The van der Waals surface area contributed by atoms with Gasteiger partial charge in [-0.05, 0) is 38.9 Å². The van der Waals surface area contributed by atoms with Crippen LogP contribution in [0.1, 0.15) is 34.1 Å². The zero-order chi connectivity index (χ0) is 9.90. The standard InChI is InChI=1S/C11H24N2/c1-5-13-7-6-11(4,9-13)12-8-10(2)3/h10,12H,5-9H2,1-4H3. The van der Waals surface area contributed by atoms with Crippen LogP contribution >= 0.6 is 0 Å². The number of hydrogen-bond acceptors (Lipinski definition) is 2. The number of nitrogens with zero attached hydrogens (tertiary/aromatic N) is 1. The maximum Gasteiger partial charge on any atom is 0.0292 e. The predicted octanol–water partition coefficient (Wildman–Crippen LogP) is 1.72. The molecule has 0 aromatic rings. The van der Waals surface area contributed by atoms with E-state index in [2.05, 4.69) is 37.9 Å². The summed E-state index contributed by atoms with van der Waals surface area (Å²) in [5, 5.41) is 3.68. The van der Waals surface area contributed by atoms with E-state index in [1.165, 1.54) is 26.1 Å². The van der Waals surface area contributed by atoms with Crippen LogP contribution in [0.15, 0.2) is 0 Å². The van der Waals surface area contributed by atoms with Gasteiger partial charge >= 0.3 is 0 Å². The molecule has 2 nitrogen and oxygen atoms in total. The molecule has 1 atom stereocenters. The summed E-state index contributed by atoms with van der Waals surface area (Å²) in [5.74, 6) is 0.757. The van der Waals surface area contributed by atoms with Crippen molar-refractivity contribution >= 4 is 0 Å². The molecule has 0 amide bonds. The lowest BCUT2D eigenvalue weighted by atomic mass is 10.0. The Labute approximate surface area is 82.7 Å². The van der Waals surface area contributed by atoms with Crippen LogP contribution < -0.4 is 5.32 Å². The Hall–Kier alpha value is -0.0800. The Balaban J connectivity index is 2.31. The third-order valence-corrected chi connectivity index (χ3v) is 2.94. The van der Waals surface area contributed by atoms with Gasteiger partial charge in [0, 0.05) is 12.1 Å². The van der Waals surface area contributed by atoms with Gasteiger partial charge in [0.25, 0.3) is 0 Å². The number of likely N-dealkylation sites (tertiary alicyclic amines) is 1. The molecule has 1 unspecified atom stereocenters. The van der Waals surface area contributed by atoms with Crippen LogP contribution in [-0.4, -0.2) is 36.6 Å². The minimum atomic E-state index is 0.375. The molecule has 0 radical (unpaired) electrons. The molecule has 1 aliphatic heterocycles. The van der Waals surface area contributed by atoms with Crippen molar-refractivity contribution in [3.8, 4) is 0 Å². The quantitative estimate of drug-likeness (QED) is 0.715. The molecule has 1 heterocycles. The number of likely N-dealkylation sites (N-methyl/N-ethyl adjacent to an activating group) is 1. The summed E-state index contributed by atoms with van der Waals surface area (Å²) >= 11 is 0. The average molecular weight is 184 g/mol. The van der Waals surface area contributed by atoms with Crippen molar-refractivity contribution in [2.75, 3.05) is 26.2 Å². The minimum absolute atomic E-state index is 0.375. The van der Waals surface area contributed by atoms with E-state index in [4.69, 9.17) is 0 Å². The number of nitrogens with one attached hydrogen (secondary N) is 1. The molecule has 1 saturated heterocycles. The first-order valence-corrected chi connectivity index (χ1v) is 5.53. The SMILES string of the molecule is CCN1CCC(C)(NCC(C)C)C1. The van der Waals surface area contributed by atoms with Crippen LogP contribution in [0, 0.1) is 5.92 Å². The minimum Gasteiger partial charge on any atom is -0.310 e. The van der Waals surface area contributed by atoms with Crippen molar-refractivity contribution in [3.05, 3.63) is 0 Å². The molecule has 0 aliphatic carbocycles. The lowest BCUT2D eigenvalue weighted by molar-refractivity contribution is 0.296. The highest BCUT2D eigenvalue weighted by molar-refractivity contribution is 4.93. The molecule has 2 heteroatoms. The van der Waals surface area contributed by atoms with Crippen molar-refractivity contribution in [3.63, 3.8) is 0 Å². The average Bonchev–Trinajstić information content (AvgIpc) is 2.45. The Kier molecular flexibility index (Phi) is 3.74. The van der Waals surface area contributed by atoms with E-state index in [0.717, 1.165) is 12.5 Å². The molecule has 1 fully saturated rings. The van der Waals surface area contributed by atoms with E-state index in [1.54, 1.807) is 0 Å². The molecular formula is C11H24N2. The maximum atomic E-state index is 3.68. The third-order valence-electron chi connectivity index (χ3n) is 2.94. The summed E-state index contributed by atoms with van der Waals surface area (Å²) in [6.07, 6.45) is 1.30.